The molecule has 0 fully saturated rings. The van der Waals surface area contributed by atoms with Crippen LogP contribution in [0.3, 0.4) is 0 Å². The molecule has 2 rings (SSSR count). The third-order valence-corrected chi connectivity index (χ3v) is 3.34. The Morgan fingerprint density at radius 1 is 1.15 bits per heavy atom. The second kappa shape index (κ2) is 5.95. The van der Waals surface area contributed by atoms with Crippen molar-refractivity contribution in [1.82, 2.24) is 0 Å². The SMILES string of the molecule is Cc1ccc(C(C)C)cc1OCc1ccc(N)c(F)c1. The lowest BCUT2D eigenvalue weighted by atomic mass is 10.0. The van der Waals surface area contributed by atoms with Gasteiger partial charge in [0, 0.05) is 0 Å². The minimum absolute atomic E-state index is 0.159. The number of nitrogen functional groups attached to an aromatic ring is 1. The summed E-state index contributed by atoms with van der Waals surface area (Å²) >= 11 is 0. The first-order chi connectivity index (χ1) is 9.47. The largest absolute Gasteiger partial charge is 0.489 e. The third-order valence-electron chi connectivity index (χ3n) is 3.34. The molecule has 0 saturated heterocycles. The van der Waals surface area contributed by atoms with Crippen molar-refractivity contribution in [3.05, 3.63) is 58.9 Å². The smallest absolute Gasteiger partial charge is 0.146 e. The van der Waals surface area contributed by atoms with E-state index >= 15 is 0 Å². The second-order valence-corrected chi connectivity index (χ2v) is 5.32. The molecule has 0 unspecified atom stereocenters. The van der Waals surface area contributed by atoms with E-state index < -0.39 is 5.82 Å². The Morgan fingerprint density at radius 3 is 2.55 bits per heavy atom. The lowest BCUT2D eigenvalue weighted by Gasteiger charge is -2.13. The van der Waals surface area contributed by atoms with Crippen molar-refractivity contribution >= 4 is 5.69 Å². The standard InChI is InChI=1S/C17H20FNO/c1-11(2)14-6-4-12(3)17(9-14)20-10-13-5-7-16(19)15(18)8-13/h4-9,11H,10,19H2,1-3H3. The number of rotatable bonds is 4. The molecule has 20 heavy (non-hydrogen) atoms. The van der Waals surface area contributed by atoms with Crippen molar-refractivity contribution in [2.75, 3.05) is 5.73 Å². The zero-order chi connectivity index (χ0) is 14.7. The van der Waals surface area contributed by atoms with E-state index in [0.717, 1.165) is 16.9 Å². The van der Waals surface area contributed by atoms with Gasteiger partial charge in [0.05, 0.1) is 5.69 Å². The van der Waals surface area contributed by atoms with Crippen LogP contribution in [0.1, 0.15) is 36.5 Å². The summed E-state index contributed by atoms with van der Waals surface area (Å²) in [6.07, 6.45) is 0. The van der Waals surface area contributed by atoms with Crippen molar-refractivity contribution < 1.29 is 9.13 Å². The summed E-state index contributed by atoms with van der Waals surface area (Å²) in [7, 11) is 0. The van der Waals surface area contributed by atoms with Crippen LogP contribution >= 0.6 is 0 Å². The highest BCUT2D eigenvalue weighted by molar-refractivity contribution is 5.42. The molecule has 2 aromatic carbocycles. The molecule has 0 heterocycles. The van der Waals surface area contributed by atoms with Gasteiger partial charge >= 0.3 is 0 Å². The van der Waals surface area contributed by atoms with Gasteiger partial charge in [0.1, 0.15) is 18.2 Å². The quantitative estimate of drug-likeness (QED) is 0.837. The highest BCUT2D eigenvalue weighted by Crippen LogP contribution is 2.25. The Kier molecular flexibility index (Phi) is 4.28. The summed E-state index contributed by atoms with van der Waals surface area (Å²) in [5.41, 5.74) is 8.69. The van der Waals surface area contributed by atoms with Crippen molar-refractivity contribution in [3.8, 4) is 5.75 Å². The van der Waals surface area contributed by atoms with Crippen molar-refractivity contribution in [3.63, 3.8) is 0 Å². The molecular weight excluding hydrogens is 253 g/mol. The Hall–Kier alpha value is -2.03. The molecule has 0 aromatic heterocycles. The Labute approximate surface area is 119 Å². The van der Waals surface area contributed by atoms with Crippen LogP contribution in [0.25, 0.3) is 0 Å². The molecule has 0 atom stereocenters. The average Bonchev–Trinajstić information content (AvgIpc) is 2.41. The van der Waals surface area contributed by atoms with Gasteiger partial charge in [-0.2, -0.15) is 0 Å². The van der Waals surface area contributed by atoms with Gasteiger partial charge < -0.3 is 10.5 Å². The van der Waals surface area contributed by atoms with Crippen LogP contribution in [0.4, 0.5) is 10.1 Å². The second-order valence-electron chi connectivity index (χ2n) is 5.32. The van der Waals surface area contributed by atoms with Gasteiger partial charge in [-0.05, 0) is 47.7 Å². The topological polar surface area (TPSA) is 35.2 Å². The number of anilines is 1. The monoisotopic (exact) mass is 273 g/mol. The number of halogens is 1. The van der Waals surface area contributed by atoms with E-state index in [0.29, 0.717) is 12.5 Å². The fourth-order valence-corrected chi connectivity index (χ4v) is 1.95. The maximum Gasteiger partial charge on any atom is 0.146 e. The molecule has 0 aliphatic rings. The molecule has 106 valence electrons. The summed E-state index contributed by atoms with van der Waals surface area (Å²) in [6, 6.07) is 11.0. The summed E-state index contributed by atoms with van der Waals surface area (Å²) in [4.78, 5) is 0. The Bertz CT molecular complexity index is 608. The van der Waals surface area contributed by atoms with Gasteiger partial charge in [-0.15, -0.1) is 0 Å². The van der Waals surface area contributed by atoms with Crippen molar-refractivity contribution in [2.45, 2.75) is 33.3 Å². The number of nitrogens with two attached hydrogens (primary N) is 1. The maximum absolute atomic E-state index is 13.4. The van der Waals surface area contributed by atoms with E-state index in [9.17, 15) is 4.39 Å². The van der Waals surface area contributed by atoms with Crippen LogP contribution in [0, 0.1) is 12.7 Å². The lowest BCUT2D eigenvalue weighted by molar-refractivity contribution is 0.303. The summed E-state index contributed by atoms with van der Waals surface area (Å²) in [6.45, 7) is 6.62. The van der Waals surface area contributed by atoms with E-state index in [1.807, 2.05) is 19.1 Å². The Morgan fingerprint density at radius 2 is 1.90 bits per heavy atom. The molecule has 2 nitrogen and oxygen atoms in total. The molecule has 0 bridgehead atoms. The predicted molar refractivity (Wildman–Crippen MR) is 80.4 cm³/mol. The molecule has 3 heteroatoms. The van der Waals surface area contributed by atoms with E-state index in [4.69, 9.17) is 10.5 Å². The number of hydrogen-bond donors (Lipinski definition) is 1. The zero-order valence-electron chi connectivity index (χ0n) is 12.1. The van der Waals surface area contributed by atoms with E-state index in [1.165, 1.54) is 11.6 Å². The number of benzene rings is 2. The van der Waals surface area contributed by atoms with E-state index in [1.54, 1.807) is 12.1 Å². The first-order valence-electron chi connectivity index (χ1n) is 6.74. The van der Waals surface area contributed by atoms with Gasteiger partial charge in [0.25, 0.3) is 0 Å². The maximum atomic E-state index is 13.4. The minimum Gasteiger partial charge on any atom is -0.489 e. The molecule has 2 aromatic rings. The van der Waals surface area contributed by atoms with Crippen molar-refractivity contribution in [2.24, 2.45) is 0 Å². The Balaban J connectivity index is 2.13. The van der Waals surface area contributed by atoms with Gasteiger partial charge in [0.15, 0.2) is 0 Å². The molecule has 0 aliphatic carbocycles. The number of hydrogen-bond acceptors (Lipinski definition) is 2. The van der Waals surface area contributed by atoms with Crippen molar-refractivity contribution in [1.29, 1.82) is 0 Å². The number of ether oxygens (including phenoxy) is 1. The predicted octanol–water partition coefficient (Wildman–Crippen LogP) is 4.42. The van der Waals surface area contributed by atoms with Crippen LogP contribution in [0.15, 0.2) is 36.4 Å². The molecule has 0 amide bonds. The van der Waals surface area contributed by atoms with E-state index in [-0.39, 0.29) is 5.69 Å². The van der Waals surface area contributed by atoms with Crippen LogP contribution in [-0.2, 0) is 6.61 Å². The van der Waals surface area contributed by atoms with Gasteiger partial charge in [-0.1, -0.05) is 32.0 Å². The highest BCUT2D eigenvalue weighted by Gasteiger charge is 2.06. The molecule has 2 N–H and O–H groups in total. The fraction of sp³-hybridized carbons (Fsp3) is 0.294. The fourth-order valence-electron chi connectivity index (χ4n) is 1.95. The zero-order valence-corrected chi connectivity index (χ0v) is 12.1. The first-order valence-corrected chi connectivity index (χ1v) is 6.74. The average molecular weight is 273 g/mol. The number of aryl methyl sites for hydroxylation is 1. The van der Waals surface area contributed by atoms with Crippen LogP contribution < -0.4 is 10.5 Å². The van der Waals surface area contributed by atoms with Gasteiger partial charge in [0.2, 0.25) is 0 Å². The molecule has 0 radical (unpaired) electrons. The van der Waals surface area contributed by atoms with Crippen LogP contribution in [-0.4, -0.2) is 0 Å². The van der Waals surface area contributed by atoms with Crippen LogP contribution in [0.5, 0.6) is 5.75 Å². The van der Waals surface area contributed by atoms with Crippen LogP contribution in [0.2, 0.25) is 0 Å². The summed E-state index contributed by atoms with van der Waals surface area (Å²) in [5, 5.41) is 0. The highest BCUT2D eigenvalue weighted by atomic mass is 19.1. The normalized spacial score (nSPS) is 10.8. The molecule has 0 spiro atoms. The lowest BCUT2D eigenvalue weighted by Crippen LogP contribution is -2.00. The molecule has 0 aliphatic heterocycles. The minimum atomic E-state index is -0.404. The summed E-state index contributed by atoms with van der Waals surface area (Å²) < 4.78 is 19.2. The first kappa shape index (κ1) is 14.4. The van der Waals surface area contributed by atoms with Gasteiger partial charge in [-0.3, -0.25) is 0 Å². The molecular formula is C17H20FNO. The summed E-state index contributed by atoms with van der Waals surface area (Å²) in [5.74, 6) is 0.888. The molecule has 0 saturated carbocycles. The van der Waals surface area contributed by atoms with E-state index in [2.05, 4.69) is 19.9 Å². The third kappa shape index (κ3) is 3.29. The van der Waals surface area contributed by atoms with Gasteiger partial charge in [-0.25, -0.2) is 4.39 Å².